The van der Waals surface area contributed by atoms with Gasteiger partial charge in [0.25, 0.3) is 0 Å². The van der Waals surface area contributed by atoms with E-state index in [0.717, 1.165) is 25.7 Å². The Balaban J connectivity index is 1.94. The van der Waals surface area contributed by atoms with Crippen LogP contribution in [-0.2, 0) is 0 Å². The molecule has 160 valence electrons. The summed E-state index contributed by atoms with van der Waals surface area (Å²) in [5.74, 6) is 2.09. The van der Waals surface area contributed by atoms with Gasteiger partial charge >= 0.3 is 0 Å². The zero-order chi connectivity index (χ0) is 20.9. The van der Waals surface area contributed by atoms with Crippen LogP contribution in [-0.4, -0.2) is 23.4 Å². The average Bonchev–Trinajstić information content (AvgIpc) is 2.72. The summed E-state index contributed by atoms with van der Waals surface area (Å²) in [6.45, 7) is 5.46. The summed E-state index contributed by atoms with van der Waals surface area (Å²) in [6.07, 6.45) is 8.84. The topological polar surface area (TPSA) is 68.2 Å². The third kappa shape index (κ3) is 8.14. The second-order valence-corrected chi connectivity index (χ2v) is 7.18. The van der Waals surface area contributed by atoms with Gasteiger partial charge in [-0.1, -0.05) is 52.4 Å². The second-order valence-electron chi connectivity index (χ2n) is 7.18. The molecule has 0 atom stereocenters. The maximum Gasteiger partial charge on any atom is 0.164 e. The third-order valence-corrected chi connectivity index (χ3v) is 4.61. The van der Waals surface area contributed by atoms with Crippen LogP contribution in [0.5, 0.6) is 34.5 Å². The van der Waals surface area contributed by atoms with Crippen molar-refractivity contribution in [3.8, 4) is 34.5 Å². The summed E-state index contributed by atoms with van der Waals surface area (Å²) in [4.78, 5) is 0. The molecule has 0 aliphatic rings. The Bertz CT molecular complexity index is 668. The van der Waals surface area contributed by atoms with E-state index in [1.807, 2.05) is 0 Å². The molecule has 0 saturated carbocycles. The van der Waals surface area contributed by atoms with E-state index >= 15 is 0 Å². The number of hydrogen-bond acceptors (Lipinski definition) is 5. The van der Waals surface area contributed by atoms with Gasteiger partial charge in [-0.3, -0.25) is 0 Å². The number of hydrogen-bond donors (Lipinski definition) is 2. The summed E-state index contributed by atoms with van der Waals surface area (Å²) >= 11 is 0. The predicted molar refractivity (Wildman–Crippen MR) is 116 cm³/mol. The number of aromatic hydroxyl groups is 2. The van der Waals surface area contributed by atoms with E-state index in [1.54, 1.807) is 36.4 Å². The monoisotopic (exact) mass is 402 g/mol. The molecule has 0 bridgehead atoms. The van der Waals surface area contributed by atoms with Gasteiger partial charge in [0.1, 0.15) is 11.5 Å². The molecule has 0 aliphatic heterocycles. The Morgan fingerprint density at radius 1 is 0.621 bits per heavy atom. The molecule has 5 nitrogen and oxygen atoms in total. The number of phenols is 2. The predicted octanol–water partition coefficient (Wildman–Crippen LogP) is 6.81. The van der Waals surface area contributed by atoms with Crippen molar-refractivity contribution < 1.29 is 24.4 Å². The van der Waals surface area contributed by atoms with Gasteiger partial charge in [0.15, 0.2) is 23.0 Å². The summed E-state index contributed by atoms with van der Waals surface area (Å²) < 4.78 is 17.3. The zero-order valence-electron chi connectivity index (χ0n) is 17.7. The van der Waals surface area contributed by atoms with Crippen molar-refractivity contribution in [3.63, 3.8) is 0 Å². The van der Waals surface area contributed by atoms with E-state index in [2.05, 4.69) is 13.8 Å². The van der Waals surface area contributed by atoms with Crippen LogP contribution in [0.3, 0.4) is 0 Å². The van der Waals surface area contributed by atoms with Crippen molar-refractivity contribution >= 4 is 0 Å². The van der Waals surface area contributed by atoms with E-state index < -0.39 is 0 Å². The maximum absolute atomic E-state index is 10.0. The highest BCUT2D eigenvalue weighted by Gasteiger charge is 2.09. The number of rotatable bonds is 14. The molecule has 0 fully saturated rings. The first-order valence-corrected chi connectivity index (χ1v) is 10.7. The molecule has 2 N–H and O–H groups in total. The molecule has 29 heavy (non-hydrogen) atoms. The molecular weight excluding hydrogens is 368 g/mol. The lowest BCUT2D eigenvalue weighted by Gasteiger charge is -2.13. The minimum atomic E-state index is 0.0923. The van der Waals surface area contributed by atoms with Crippen LogP contribution in [0.4, 0.5) is 0 Å². The second kappa shape index (κ2) is 12.8. The van der Waals surface area contributed by atoms with Gasteiger partial charge in [-0.25, -0.2) is 0 Å². The van der Waals surface area contributed by atoms with E-state index in [4.69, 9.17) is 14.2 Å². The van der Waals surface area contributed by atoms with Gasteiger partial charge in [0, 0.05) is 12.1 Å². The lowest BCUT2D eigenvalue weighted by molar-refractivity contribution is 0.286. The van der Waals surface area contributed by atoms with E-state index in [1.165, 1.54) is 25.7 Å². The SMILES string of the molecule is CCCCCCOc1cc(Oc2ccc(O)c(OCCCCCC)c2)ccc1O. The molecule has 2 aromatic carbocycles. The van der Waals surface area contributed by atoms with E-state index in [0.29, 0.717) is 36.2 Å². The van der Waals surface area contributed by atoms with Crippen LogP contribution in [0.2, 0.25) is 0 Å². The van der Waals surface area contributed by atoms with E-state index in [9.17, 15) is 10.2 Å². The number of ether oxygens (including phenoxy) is 3. The van der Waals surface area contributed by atoms with Crippen LogP contribution in [0, 0.1) is 0 Å². The maximum atomic E-state index is 10.0. The van der Waals surface area contributed by atoms with Crippen LogP contribution < -0.4 is 14.2 Å². The molecule has 0 spiro atoms. The van der Waals surface area contributed by atoms with Crippen LogP contribution in [0.25, 0.3) is 0 Å². The molecule has 0 saturated heterocycles. The zero-order valence-corrected chi connectivity index (χ0v) is 17.7. The Labute approximate surface area is 174 Å². The highest BCUT2D eigenvalue weighted by Crippen LogP contribution is 2.36. The summed E-state index contributed by atoms with van der Waals surface area (Å²) in [5.41, 5.74) is 0. The van der Waals surface area contributed by atoms with Crippen molar-refractivity contribution in [2.24, 2.45) is 0 Å². The van der Waals surface area contributed by atoms with Crippen molar-refractivity contribution in [1.29, 1.82) is 0 Å². The van der Waals surface area contributed by atoms with Gasteiger partial charge in [-0.15, -0.1) is 0 Å². The molecule has 0 aliphatic carbocycles. The number of benzene rings is 2. The fourth-order valence-electron chi connectivity index (χ4n) is 2.91. The minimum absolute atomic E-state index is 0.0923. The first-order valence-electron chi connectivity index (χ1n) is 10.7. The molecule has 5 heteroatoms. The van der Waals surface area contributed by atoms with Crippen molar-refractivity contribution in [2.75, 3.05) is 13.2 Å². The van der Waals surface area contributed by atoms with Crippen molar-refractivity contribution in [3.05, 3.63) is 36.4 Å². The smallest absolute Gasteiger partial charge is 0.164 e. The molecule has 0 unspecified atom stereocenters. The van der Waals surface area contributed by atoms with Crippen molar-refractivity contribution in [1.82, 2.24) is 0 Å². The molecule has 2 aromatic rings. The Morgan fingerprint density at radius 2 is 1.07 bits per heavy atom. The Hall–Kier alpha value is -2.56. The molecule has 0 heterocycles. The first kappa shape index (κ1) is 22.7. The van der Waals surface area contributed by atoms with Crippen molar-refractivity contribution in [2.45, 2.75) is 65.2 Å². The summed E-state index contributed by atoms with van der Waals surface area (Å²) in [7, 11) is 0. The summed E-state index contributed by atoms with van der Waals surface area (Å²) in [5, 5.41) is 20.0. The number of phenolic OH excluding ortho intramolecular Hbond substituents is 2. The fourth-order valence-corrected chi connectivity index (χ4v) is 2.91. The highest BCUT2D eigenvalue weighted by molar-refractivity contribution is 5.48. The molecule has 0 amide bonds. The molecule has 0 radical (unpaired) electrons. The summed E-state index contributed by atoms with van der Waals surface area (Å²) in [6, 6.07) is 9.82. The highest BCUT2D eigenvalue weighted by atomic mass is 16.5. The quantitative estimate of drug-likeness (QED) is 0.340. The van der Waals surface area contributed by atoms with E-state index in [-0.39, 0.29) is 11.5 Å². The normalized spacial score (nSPS) is 10.7. The largest absolute Gasteiger partial charge is 0.504 e. The molecule has 0 aromatic heterocycles. The lowest BCUT2D eigenvalue weighted by atomic mass is 10.2. The molecular formula is C24H34O5. The van der Waals surface area contributed by atoms with Gasteiger partial charge in [0.2, 0.25) is 0 Å². The van der Waals surface area contributed by atoms with Gasteiger partial charge in [-0.2, -0.15) is 0 Å². The Morgan fingerprint density at radius 3 is 1.48 bits per heavy atom. The minimum Gasteiger partial charge on any atom is -0.504 e. The third-order valence-electron chi connectivity index (χ3n) is 4.61. The first-order chi connectivity index (χ1) is 14.1. The van der Waals surface area contributed by atoms with Crippen LogP contribution in [0.15, 0.2) is 36.4 Å². The fraction of sp³-hybridized carbons (Fsp3) is 0.500. The Kier molecular flexibility index (Phi) is 10.0. The standard InChI is InChI=1S/C24H34O5/c1-3-5-7-9-15-27-23-17-19(11-13-21(23)25)29-20-12-14-22(26)24(18-20)28-16-10-8-6-4-2/h11-14,17-18,25-26H,3-10,15-16H2,1-2H3. The number of unbranched alkanes of at least 4 members (excludes halogenated alkanes) is 6. The van der Waals surface area contributed by atoms with Gasteiger partial charge < -0.3 is 24.4 Å². The van der Waals surface area contributed by atoms with Crippen LogP contribution >= 0.6 is 0 Å². The van der Waals surface area contributed by atoms with Crippen LogP contribution in [0.1, 0.15) is 65.2 Å². The van der Waals surface area contributed by atoms with Gasteiger partial charge in [0.05, 0.1) is 13.2 Å². The average molecular weight is 403 g/mol. The molecule has 2 rings (SSSR count). The van der Waals surface area contributed by atoms with Gasteiger partial charge in [-0.05, 0) is 37.1 Å². The lowest BCUT2D eigenvalue weighted by Crippen LogP contribution is -1.98.